The second-order valence-electron chi connectivity index (χ2n) is 6.86. The molecule has 0 saturated heterocycles. The number of benzene rings is 2. The van der Waals surface area contributed by atoms with Gasteiger partial charge >= 0.3 is 0 Å². The van der Waals surface area contributed by atoms with Crippen LogP contribution in [0, 0.1) is 0 Å². The van der Waals surface area contributed by atoms with E-state index in [4.69, 9.17) is 9.84 Å². The number of halogens is 2. The highest BCUT2D eigenvalue weighted by atomic mass is 79.9. The summed E-state index contributed by atoms with van der Waals surface area (Å²) in [5.74, 6) is 0.924. The van der Waals surface area contributed by atoms with E-state index < -0.39 is 5.72 Å². The van der Waals surface area contributed by atoms with Gasteiger partial charge in [-0.3, -0.25) is 0 Å². The molecule has 0 amide bonds. The van der Waals surface area contributed by atoms with Gasteiger partial charge in [0.2, 0.25) is 5.72 Å². The highest BCUT2D eigenvalue weighted by Gasteiger charge is 2.48. The molecule has 0 fully saturated rings. The molecule has 6 heteroatoms. The molecule has 0 spiro atoms. The van der Waals surface area contributed by atoms with E-state index in [0.29, 0.717) is 0 Å². The molecule has 2 aliphatic rings. The number of nitrogens with zero attached hydrogens (tertiary/aromatic N) is 2. The maximum Gasteiger partial charge on any atom is 0.221 e. The van der Waals surface area contributed by atoms with Crippen molar-refractivity contribution < 1.29 is 4.74 Å². The minimum atomic E-state index is -0.662. The van der Waals surface area contributed by atoms with E-state index in [1.54, 1.807) is 11.3 Å². The van der Waals surface area contributed by atoms with Crippen molar-refractivity contribution in [3.05, 3.63) is 84.9 Å². The molecule has 0 unspecified atom stereocenters. The van der Waals surface area contributed by atoms with Crippen LogP contribution in [0.15, 0.2) is 74.0 Å². The number of rotatable bonds is 2. The number of hydrazone groups is 1. The summed E-state index contributed by atoms with van der Waals surface area (Å²) in [5, 5.41) is 9.28. The third kappa shape index (κ3) is 2.85. The topological polar surface area (TPSA) is 24.8 Å². The lowest BCUT2D eigenvalue weighted by Crippen LogP contribution is -2.48. The molecule has 2 aromatic carbocycles. The van der Waals surface area contributed by atoms with Crippen molar-refractivity contribution >= 4 is 48.9 Å². The molecular formula is C21H16Br2N2OS. The first kappa shape index (κ1) is 17.5. The maximum absolute atomic E-state index is 6.57. The van der Waals surface area contributed by atoms with Crippen LogP contribution in [0.25, 0.3) is 0 Å². The molecule has 1 aromatic heterocycles. The van der Waals surface area contributed by atoms with Crippen LogP contribution in [-0.4, -0.2) is 10.7 Å². The summed E-state index contributed by atoms with van der Waals surface area (Å²) in [6, 6.07) is 18.9. The summed E-state index contributed by atoms with van der Waals surface area (Å²) in [4.78, 5) is 1.22. The van der Waals surface area contributed by atoms with Crippen LogP contribution in [0.4, 0.5) is 0 Å². The molecular weight excluding hydrogens is 488 g/mol. The zero-order valence-electron chi connectivity index (χ0n) is 14.5. The summed E-state index contributed by atoms with van der Waals surface area (Å²) in [6.45, 7) is 2.11. The van der Waals surface area contributed by atoms with Gasteiger partial charge in [0.1, 0.15) is 5.75 Å². The Morgan fingerprint density at radius 1 is 1.11 bits per heavy atom. The molecule has 136 valence electrons. The van der Waals surface area contributed by atoms with Crippen molar-refractivity contribution in [1.82, 2.24) is 5.01 Å². The van der Waals surface area contributed by atoms with Gasteiger partial charge in [0.25, 0.3) is 0 Å². The zero-order valence-corrected chi connectivity index (χ0v) is 18.5. The number of hydrogen-bond acceptors (Lipinski definition) is 4. The molecule has 27 heavy (non-hydrogen) atoms. The lowest BCUT2D eigenvalue weighted by molar-refractivity contribution is -0.112. The van der Waals surface area contributed by atoms with Crippen LogP contribution in [-0.2, 0) is 5.72 Å². The summed E-state index contributed by atoms with van der Waals surface area (Å²) in [5.41, 5.74) is 2.72. The Balaban J connectivity index is 1.67. The summed E-state index contributed by atoms with van der Waals surface area (Å²) < 4.78 is 8.67. The van der Waals surface area contributed by atoms with E-state index >= 15 is 0 Å². The third-order valence-corrected chi connectivity index (χ3v) is 7.11. The van der Waals surface area contributed by atoms with Gasteiger partial charge in [-0.1, -0.05) is 50.1 Å². The molecule has 5 rings (SSSR count). The van der Waals surface area contributed by atoms with E-state index in [0.717, 1.165) is 32.4 Å². The fraction of sp³-hybridized carbons (Fsp3) is 0.190. The standard InChI is InChI=1S/C21H16Br2N2OS/c1-21(13-4-6-14(22)7-5-13)25-18(12-17(24-25)20-3-2-10-27-20)16-11-15(23)8-9-19(16)26-21/h2-11,18H,12H2,1H3/t18-,21+/m1/s1. The van der Waals surface area contributed by atoms with Gasteiger partial charge in [0.15, 0.2) is 0 Å². The smallest absolute Gasteiger partial charge is 0.221 e. The third-order valence-electron chi connectivity index (χ3n) is 5.17. The van der Waals surface area contributed by atoms with Crippen LogP contribution < -0.4 is 4.74 Å². The van der Waals surface area contributed by atoms with Gasteiger partial charge in [-0.15, -0.1) is 11.3 Å². The summed E-state index contributed by atoms with van der Waals surface area (Å²) in [6.07, 6.45) is 0.874. The van der Waals surface area contributed by atoms with Gasteiger partial charge in [-0.2, -0.15) is 5.10 Å². The van der Waals surface area contributed by atoms with E-state index in [2.05, 4.69) is 97.7 Å². The fourth-order valence-corrected chi connectivity index (χ4v) is 5.19. The predicted molar refractivity (Wildman–Crippen MR) is 116 cm³/mol. The van der Waals surface area contributed by atoms with Crippen LogP contribution in [0.3, 0.4) is 0 Å². The van der Waals surface area contributed by atoms with Crippen molar-refractivity contribution in [2.24, 2.45) is 5.10 Å². The van der Waals surface area contributed by atoms with E-state index in [9.17, 15) is 0 Å². The predicted octanol–water partition coefficient (Wildman–Crippen LogP) is 6.69. The maximum atomic E-state index is 6.57. The van der Waals surface area contributed by atoms with Gasteiger partial charge < -0.3 is 4.74 Å². The second kappa shape index (κ2) is 6.47. The van der Waals surface area contributed by atoms with Crippen LogP contribution in [0.2, 0.25) is 0 Å². The molecule has 3 heterocycles. The molecule has 2 aliphatic heterocycles. The van der Waals surface area contributed by atoms with Crippen molar-refractivity contribution in [1.29, 1.82) is 0 Å². The molecule has 0 bridgehead atoms. The van der Waals surface area contributed by atoms with Gasteiger partial charge in [-0.25, -0.2) is 5.01 Å². The Bertz CT molecular complexity index is 1030. The highest BCUT2D eigenvalue weighted by Crippen LogP contribution is 2.51. The first-order valence-corrected chi connectivity index (χ1v) is 11.2. The first-order chi connectivity index (χ1) is 13.0. The number of ether oxygens (including phenoxy) is 1. The molecule has 3 aromatic rings. The summed E-state index contributed by atoms with van der Waals surface area (Å²) >= 11 is 8.87. The highest BCUT2D eigenvalue weighted by molar-refractivity contribution is 9.10. The minimum Gasteiger partial charge on any atom is -0.462 e. The second-order valence-corrected chi connectivity index (χ2v) is 9.64. The molecule has 0 saturated carbocycles. The van der Waals surface area contributed by atoms with Crippen LogP contribution in [0.1, 0.15) is 35.4 Å². The first-order valence-electron chi connectivity index (χ1n) is 8.70. The number of fused-ring (bicyclic) bond motifs is 3. The molecule has 2 atom stereocenters. The Morgan fingerprint density at radius 2 is 1.89 bits per heavy atom. The minimum absolute atomic E-state index is 0.150. The molecule has 0 radical (unpaired) electrons. The lowest BCUT2D eigenvalue weighted by atomic mass is 9.93. The van der Waals surface area contributed by atoms with Gasteiger partial charge in [-0.05, 0) is 41.8 Å². The van der Waals surface area contributed by atoms with E-state index in [1.165, 1.54) is 10.4 Å². The lowest BCUT2D eigenvalue weighted by Gasteiger charge is -2.46. The fourth-order valence-electron chi connectivity index (χ4n) is 3.82. The van der Waals surface area contributed by atoms with Crippen molar-refractivity contribution in [3.63, 3.8) is 0 Å². The quantitative estimate of drug-likeness (QED) is 0.389. The zero-order chi connectivity index (χ0) is 18.6. The number of hydrogen-bond donors (Lipinski definition) is 0. The average Bonchev–Trinajstić information content (AvgIpc) is 3.33. The van der Waals surface area contributed by atoms with Crippen molar-refractivity contribution in [3.8, 4) is 5.75 Å². The summed E-state index contributed by atoms with van der Waals surface area (Å²) in [7, 11) is 0. The van der Waals surface area contributed by atoms with Crippen molar-refractivity contribution in [2.75, 3.05) is 0 Å². The number of thiophene rings is 1. The van der Waals surface area contributed by atoms with E-state index in [-0.39, 0.29) is 6.04 Å². The average molecular weight is 504 g/mol. The largest absolute Gasteiger partial charge is 0.462 e. The molecule has 0 N–H and O–H groups in total. The monoisotopic (exact) mass is 502 g/mol. The Kier molecular flexibility index (Phi) is 4.18. The van der Waals surface area contributed by atoms with Crippen molar-refractivity contribution in [2.45, 2.75) is 25.1 Å². The van der Waals surface area contributed by atoms with Crippen LogP contribution >= 0.6 is 43.2 Å². The van der Waals surface area contributed by atoms with Gasteiger partial charge in [0.05, 0.1) is 16.6 Å². The van der Waals surface area contributed by atoms with Crippen LogP contribution in [0.5, 0.6) is 5.75 Å². The Morgan fingerprint density at radius 3 is 2.63 bits per heavy atom. The Hall–Kier alpha value is -1.63. The van der Waals surface area contributed by atoms with E-state index in [1.807, 2.05) is 6.07 Å². The Labute approximate surface area is 178 Å². The molecule has 3 nitrogen and oxygen atoms in total. The molecule has 0 aliphatic carbocycles. The van der Waals surface area contributed by atoms with Gasteiger partial charge in [0, 0.05) is 33.4 Å². The normalized spacial score (nSPS) is 23.4. The SMILES string of the molecule is C[C@@]1(c2ccc(Br)cc2)Oc2ccc(Br)cc2[C@H]2CC(c3cccs3)=NN21.